The van der Waals surface area contributed by atoms with Gasteiger partial charge in [-0.3, -0.25) is 0 Å². The van der Waals surface area contributed by atoms with E-state index < -0.39 is 0 Å². The van der Waals surface area contributed by atoms with Crippen LogP contribution in [-0.4, -0.2) is 33.2 Å². The maximum Gasteiger partial charge on any atom is 0.0696 e. The fourth-order valence-electron chi connectivity index (χ4n) is 0. The zero-order valence-electron chi connectivity index (χ0n) is 5.56. The molecule has 0 N–H and O–H groups in total. The monoisotopic (exact) mass is 104 g/mol. The number of hydrogen-bond donors (Lipinski definition) is 0. The summed E-state index contributed by atoms with van der Waals surface area (Å²) in [5.41, 5.74) is 0. The molecule has 2 nitrogen and oxygen atoms in total. The minimum absolute atomic E-state index is 1.51. The Morgan fingerprint density at radius 3 is 1.29 bits per heavy atom. The minimum Gasteiger partial charge on any atom is -0.382 e. The Balaban J connectivity index is 0. The molecule has 0 heterocycles. The number of methoxy groups -OCH3 is 1. The Hall–Kier alpha value is -0.0800. The van der Waals surface area contributed by atoms with E-state index in [9.17, 15) is 0 Å². The molecule has 0 saturated heterocycles. The number of nitrogens with zero attached hydrogens (tertiary/aromatic N) is 1. The van der Waals surface area contributed by atoms with Gasteiger partial charge in [0.2, 0.25) is 0 Å². The van der Waals surface area contributed by atoms with Gasteiger partial charge in [0.1, 0.15) is 0 Å². The lowest BCUT2D eigenvalue weighted by atomic mass is 11.0. The van der Waals surface area contributed by atoms with E-state index in [-0.39, 0.29) is 0 Å². The Bertz CT molecular complexity index is 19.3. The van der Waals surface area contributed by atoms with E-state index in [0.29, 0.717) is 0 Å². The average Bonchev–Trinajstić information content (AvgIpc) is 1.33. The molecule has 0 aromatic heterocycles. The molecule has 0 aliphatic rings. The van der Waals surface area contributed by atoms with Crippen LogP contribution in [0, 0.1) is 7.11 Å². The van der Waals surface area contributed by atoms with Gasteiger partial charge in [0.25, 0.3) is 0 Å². The standard InChI is InChI=1S/C3H9N.C2H5O/c1-4(2)3;1-3-2/h1-3H3;1H2,2H3. The van der Waals surface area contributed by atoms with Crippen LogP contribution in [0.4, 0.5) is 0 Å². The van der Waals surface area contributed by atoms with E-state index in [2.05, 4.69) is 11.8 Å². The van der Waals surface area contributed by atoms with Gasteiger partial charge in [-0.15, -0.1) is 0 Å². The minimum atomic E-state index is 1.51. The Labute approximate surface area is 46.1 Å². The highest BCUT2D eigenvalue weighted by atomic mass is 16.4. The molecule has 0 aliphatic heterocycles. The molecule has 0 aromatic carbocycles. The summed E-state index contributed by atoms with van der Waals surface area (Å²) < 4.78 is 4.00. The third kappa shape index (κ3) is 14200. The molecule has 0 spiro atoms. The predicted molar refractivity (Wildman–Crippen MR) is 32.0 cm³/mol. The normalized spacial score (nSPS) is 7.71. The van der Waals surface area contributed by atoms with Crippen LogP contribution in [0.5, 0.6) is 0 Å². The quantitative estimate of drug-likeness (QED) is 0.446. The number of rotatable bonds is 0. The van der Waals surface area contributed by atoms with Crippen LogP contribution in [0.1, 0.15) is 0 Å². The first-order valence-corrected chi connectivity index (χ1v) is 2.04. The summed E-state index contributed by atoms with van der Waals surface area (Å²) in [4.78, 5) is 2.00. The first-order chi connectivity index (χ1) is 3.15. The van der Waals surface area contributed by atoms with E-state index in [1.807, 2.05) is 26.0 Å². The lowest BCUT2D eigenvalue weighted by molar-refractivity contribution is 0.329. The van der Waals surface area contributed by atoms with Crippen molar-refractivity contribution in [2.45, 2.75) is 0 Å². The summed E-state index contributed by atoms with van der Waals surface area (Å²) in [5.74, 6) is 0. The van der Waals surface area contributed by atoms with Gasteiger partial charge in [0.05, 0.1) is 7.11 Å². The van der Waals surface area contributed by atoms with Crippen molar-refractivity contribution in [2.24, 2.45) is 0 Å². The average molecular weight is 104 g/mol. The number of hydrogen-bond acceptors (Lipinski definition) is 2. The molecular formula is C5H14NO. The van der Waals surface area contributed by atoms with Gasteiger partial charge in [-0.1, -0.05) is 0 Å². The van der Waals surface area contributed by atoms with E-state index in [4.69, 9.17) is 0 Å². The second-order valence-corrected chi connectivity index (χ2v) is 1.63. The largest absolute Gasteiger partial charge is 0.382 e. The van der Waals surface area contributed by atoms with Crippen LogP contribution in [0.25, 0.3) is 0 Å². The van der Waals surface area contributed by atoms with Crippen molar-refractivity contribution in [3.05, 3.63) is 7.11 Å². The summed E-state index contributed by atoms with van der Waals surface area (Å²) in [6.45, 7) is 0. The van der Waals surface area contributed by atoms with E-state index in [1.54, 1.807) is 0 Å². The van der Waals surface area contributed by atoms with Gasteiger partial charge >= 0.3 is 0 Å². The molecule has 7 heavy (non-hydrogen) atoms. The molecule has 0 aliphatic carbocycles. The third-order valence-electron chi connectivity index (χ3n) is 0. The Morgan fingerprint density at radius 1 is 1.29 bits per heavy atom. The van der Waals surface area contributed by atoms with E-state index >= 15 is 0 Å². The van der Waals surface area contributed by atoms with Gasteiger partial charge in [0.15, 0.2) is 0 Å². The first kappa shape index (κ1) is 10.0. The highest BCUT2D eigenvalue weighted by molar-refractivity contribution is 4.09. The van der Waals surface area contributed by atoms with Crippen LogP contribution in [0.15, 0.2) is 0 Å². The Kier molecular flexibility index (Phi) is 13.3. The molecule has 0 fully saturated rings. The highest BCUT2D eigenvalue weighted by Crippen LogP contribution is 1.47. The summed E-state index contributed by atoms with van der Waals surface area (Å²) in [6, 6.07) is 0. The topological polar surface area (TPSA) is 12.5 Å². The highest BCUT2D eigenvalue weighted by Gasteiger charge is 1.58. The van der Waals surface area contributed by atoms with Crippen LogP contribution in [-0.2, 0) is 4.74 Å². The fraction of sp³-hybridized carbons (Fsp3) is 0.800. The smallest absolute Gasteiger partial charge is 0.0696 e. The fourth-order valence-corrected chi connectivity index (χ4v) is 0. The molecule has 0 atom stereocenters. The van der Waals surface area contributed by atoms with Gasteiger partial charge in [0, 0.05) is 7.11 Å². The molecule has 0 amide bonds. The molecule has 45 valence electrons. The van der Waals surface area contributed by atoms with Crippen molar-refractivity contribution in [1.82, 2.24) is 4.90 Å². The molecule has 0 unspecified atom stereocenters. The van der Waals surface area contributed by atoms with Gasteiger partial charge in [-0.25, -0.2) is 0 Å². The van der Waals surface area contributed by atoms with Crippen LogP contribution < -0.4 is 0 Å². The van der Waals surface area contributed by atoms with Crippen LogP contribution in [0.2, 0.25) is 0 Å². The molecule has 0 bridgehead atoms. The summed E-state index contributed by atoms with van der Waals surface area (Å²) in [6.07, 6.45) is 0. The van der Waals surface area contributed by atoms with Crippen molar-refractivity contribution in [3.63, 3.8) is 0 Å². The van der Waals surface area contributed by atoms with Crippen molar-refractivity contribution in [2.75, 3.05) is 28.3 Å². The van der Waals surface area contributed by atoms with Crippen molar-refractivity contribution in [3.8, 4) is 0 Å². The molecule has 1 radical (unpaired) electrons. The van der Waals surface area contributed by atoms with E-state index in [1.165, 1.54) is 7.11 Å². The lowest BCUT2D eigenvalue weighted by Crippen LogP contribution is -1.99. The molecule has 0 saturated carbocycles. The molecular weight excluding hydrogens is 90.1 g/mol. The second-order valence-electron chi connectivity index (χ2n) is 1.63. The van der Waals surface area contributed by atoms with Crippen molar-refractivity contribution in [1.29, 1.82) is 0 Å². The Morgan fingerprint density at radius 2 is 1.29 bits per heavy atom. The summed E-state index contributed by atoms with van der Waals surface area (Å²) >= 11 is 0. The van der Waals surface area contributed by atoms with Crippen LogP contribution in [0.3, 0.4) is 0 Å². The van der Waals surface area contributed by atoms with E-state index in [0.717, 1.165) is 0 Å². The van der Waals surface area contributed by atoms with Crippen LogP contribution >= 0.6 is 0 Å². The van der Waals surface area contributed by atoms with Crippen molar-refractivity contribution >= 4 is 0 Å². The predicted octanol–water partition coefficient (Wildman–Crippen LogP) is 0.602. The zero-order valence-corrected chi connectivity index (χ0v) is 5.56. The van der Waals surface area contributed by atoms with Gasteiger partial charge in [-0.05, 0) is 21.1 Å². The molecule has 2 heteroatoms. The lowest BCUT2D eigenvalue weighted by Gasteiger charge is -1.90. The van der Waals surface area contributed by atoms with Gasteiger partial charge in [-0.2, -0.15) is 0 Å². The molecule has 0 aromatic rings. The summed E-state index contributed by atoms with van der Waals surface area (Å²) in [5, 5.41) is 0. The molecule has 0 rings (SSSR count). The maximum atomic E-state index is 4.00. The SMILES string of the molecule is CN(C)C.[CH2]OC. The first-order valence-electron chi connectivity index (χ1n) is 2.04. The third-order valence-corrected chi connectivity index (χ3v) is 0. The van der Waals surface area contributed by atoms with Crippen molar-refractivity contribution < 1.29 is 4.74 Å². The van der Waals surface area contributed by atoms with Gasteiger partial charge < -0.3 is 9.64 Å². The zero-order chi connectivity index (χ0) is 6.28. The maximum absolute atomic E-state index is 4.00. The number of ether oxygens (including phenoxy) is 1. The summed E-state index contributed by atoms with van der Waals surface area (Å²) in [7, 11) is 10.5. The second kappa shape index (κ2) is 9.33.